The van der Waals surface area contributed by atoms with Gasteiger partial charge in [0.15, 0.2) is 0 Å². The Morgan fingerprint density at radius 2 is 1.22 bits per heavy atom. The fourth-order valence-corrected chi connectivity index (χ4v) is 4.24. The number of carbonyl (C=O) groups is 2. The fourth-order valence-electron chi connectivity index (χ4n) is 3.86. The third-order valence-corrected chi connectivity index (χ3v) is 6.92. The zero-order valence-corrected chi connectivity index (χ0v) is 26.0. The summed E-state index contributed by atoms with van der Waals surface area (Å²) in [4.78, 5) is 23.2. The van der Waals surface area contributed by atoms with Gasteiger partial charge in [-0.1, -0.05) is 70.4 Å². The second-order valence-electron chi connectivity index (χ2n) is 10.1. The Kier molecular flexibility index (Phi) is 13.2. The van der Waals surface area contributed by atoms with Gasteiger partial charge in [0.05, 0.1) is 13.1 Å². The standard InChI is InChI=1S/C15H14F3N3O.C9H6BrF3N2.C7H10O/c1-3-8-21(9-11(2)22)10-12-4-6-13(7-5-12)14(19-20-14)15(16,17)18;10-5-6-1-3-7(4-2-6)8(14-15-8)9(11,12)13;1-3-4-5-6-7(2)8/h1,4-7H,8-10H2,2H3;1-4H,5H2;1H,4-6H2,2H3. The summed E-state index contributed by atoms with van der Waals surface area (Å²) < 4.78 is 76.3. The number of rotatable bonds is 11. The quantitative estimate of drug-likeness (QED) is 0.103. The number of carbonyl (C=O) groups excluding carboxylic acids is 2. The fraction of sp³-hybridized carbons (Fsp3) is 0.419. The van der Waals surface area contributed by atoms with Crippen molar-refractivity contribution in [2.24, 2.45) is 20.5 Å². The number of hydrogen-bond donors (Lipinski definition) is 0. The SMILES string of the molecule is C#CCCCC(C)=O.C#CCN(CC(C)=O)Cc1ccc(C2(C(F)(F)F)N=N2)cc1.FC(F)(F)C1(c2ccc(CBr)cc2)N=N1. The van der Waals surface area contributed by atoms with E-state index in [4.69, 9.17) is 12.8 Å². The Balaban J connectivity index is 0.000000264. The number of Topliss-reactive ketones (excluding diaryl/α,β-unsaturated/α-hetero) is 2. The molecule has 0 aliphatic carbocycles. The summed E-state index contributed by atoms with van der Waals surface area (Å²) in [6.45, 7) is 3.91. The summed E-state index contributed by atoms with van der Waals surface area (Å²) in [5.74, 6) is 5.12. The van der Waals surface area contributed by atoms with E-state index in [1.807, 2.05) is 0 Å². The van der Waals surface area contributed by atoms with Crippen LogP contribution in [-0.4, -0.2) is 41.9 Å². The van der Waals surface area contributed by atoms with Gasteiger partial charge in [0.25, 0.3) is 0 Å². The molecule has 0 bridgehead atoms. The van der Waals surface area contributed by atoms with Gasteiger partial charge in [-0.05, 0) is 31.4 Å². The Morgan fingerprint density at radius 1 is 0.778 bits per heavy atom. The molecule has 2 aromatic rings. The molecule has 0 N–H and O–H groups in total. The summed E-state index contributed by atoms with van der Waals surface area (Å²) in [5.41, 5.74) is -2.96. The summed E-state index contributed by atoms with van der Waals surface area (Å²) in [5, 5.41) is 13.2. The van der Waals surface area contributed by atoms with Gasteiger partial charge >= 0.3 is 23.7 Å². The Hall–Kier alpha value is -3.88. The van der Waals surface area contributed by atoms with Crippen molar-refractivity contribution in [1.82, 2.24) is 4.90 Å². The Bertz CT molecular complexity index is 1440. The minimum atomic E-state index is -4.53. The van der Waals surface area contributed by atoms with Crippen molar-refractivity contribution in [3.63, 3.8) is 0 Å². The van der Waals surface area contributed by atoms with Crippen molar-refractivity contribution >= 4 is 27.5 Å². The van der Waals surface area contributed by atoms with Gasteiger partial charge in [0, 0.05) is 35.8 Å². The van der Waals surface area contributed by atoms with Crippen molar-refractivity contribution in [3.05, 3.63) is 70.8 Å². The second kappa shape index (κ2) is 15.9. The van der Waals surface area contributed by atoms with E-state index >= 15 is 0 Å². The molecule has 7 nitrogen and oxygen atoms in total. The zero-order chi connectivity index (χ0) is 33.9. The monoisotopic (exact) mass is 697 g/mol. The molecule has 0 aromatic heterocycles. The summed E-state index contributed by atoms with van der Waals surface area (Å²) in [6.07, 6.45) is 3.42. The number of alkyl halides is 7. The zero-order valence-electron chi connectivity index (χ0n) is 24.4. The molecule has 45 heavy (non-hydrogen) atoms. The molecular formula is C31H30BrF6N5O2. The lowest BCUT2D eigenvalue weighted by Gasteiger charge is -2.19. The van der Waals surface area contributed by atoms with Crippen LogP contribution < -0.4 is 0 Å². The van der Waals surface area contributed by atoms with Crippen LogP contribution in [0, 0.1) is 24.7 Å². The van der Waals surface area contributed by atoms with Gasteiger partial charge in [0.2, 0.25) is 0 Å². The van der Waals surface area contributed by atoms with Crippen molar-refractivity contribution in [2.45, 2.75) is 68.7 Å². The minimum Gasteiger partial charge on any atom is -0.300 e. The highest BCUT2D eigenvalue weighted by molar-refractivity contribution is 9.08. The molecule has 240 valence electrons. The molecule has 2 aliphatic rings. The maximum Gasteiger partial charge on any atom is 0.442 e. The van der Waals surface area contributed by atoms with E-state index in [1.54, 1.807) is 36.1 Å². The Labute approximate surface area is 265 Å². The molecule has 0 saturated heterocycles. The first-order valence-corrected chi connectivity index (χ1v) is 14.5. The first-order chi connectivity index (χ1) is 21.0. The van der Waals surface area contributed by atoms with Gasteiger partial charge in [-0.2, -0.15) is 26.3 Å². The van der Waals surface area contributed by atoms with Gasteiger partial charge in [0.1, 0.15) is 11.6 Å². The van der Waals surface area contributed by atoms with E-state index in [0.29, 0.717) is 24.8 Å². The molecule has 0 radical (unpaired) electrons. The number of terminal acetylenes is 2. The molecule has 14 heteroatoms. The van der Waals surface area contributed by atoms with Crippen LogP contribution in [0.25, 0.3) is 0 Å². The molecule has 0 atom stereocenters. The number of nitrogens with zero attached hydrogens (tertiary/aromatic N) is 5. The molecule has 4 rings (SSSR count). The number of halogens is 7. The number of ketones is 2. The highest BCUT2D eigenvalue weighted by Gasteiger charge is 2.65. The van der Waals surface area contributed by atoms with Crippen molar-refractivity contribution in [3.8, 4) is 24.7 Å². The summed E-state index contributed by atoms with van der Waals surface area (Å²) in [6, 6.07) is 11.9. The molecular weight excluding hydrogens is 668 g/mol. The third-order valence-electron chi connectivity index (χ3n) is 6.28. The molecule has 2 aromatic carbocycles. The highest BCUT2D eigenvalue weighted by Crippen LogP contribution is 2.53. The largest absolute Gasteiger partial charge is 0.442 e. The summed E-state index contributed by atoms with van der Waals surface area (Å²) in [7, 11) is 0. The van der Waals surface area contributed by atoms with Crippen LogP contribution in [0.4, 0.5) is 26.3 Å². The average molecular weight is 699 g/mol. The van der Waals surface area contributed by atoms with Crippen LogP contribution in [0.5, 0.6) is 0 Å². The van der Waals surface area contributed by atoms with Crippen LogP contribution >= 0.6 is 15.9 Å². The van der Waals surface area contributed by atoms with Gasteiger partial charge in [-0.25, -0.2) is 0 Å². The smallest absolute Gasteiger partial charge is 0.300 e. The van der Waals surface area contributed by atoms with Gasteiger partial charge in [-0.3, -0.25) is 9.69 Å². The molecule has 0 spiro atoms. The van der Waals surface area contributed by atoms with Crippen LogP contribution in [0.3, 0.4) is 0 Å². The predicted molar refractivity (Wildman–Crippen MR) is 159 cm³/mol. The van der Waals surface area contributed by atoms with E-state index in [9.17, 15) is 35.9 Å². The molecule has 2 aliphatic heterocycles. The Morgan fingerprint density at radius 3 is 1.53 bits per heavy atom. The number of benzene rings is 2. The lowest BCUT2D eigenvalue weighted by molar-refractivity contribution is -0.166. The normalized spacial score (nSPS) is 15.0. The molecule has 2 heterocycles. The minimum absolute atomic E-state index is 0.0150. The molecule has 0 saturated carbocycles. The van der Waals surface area contributed by atoms with Crippen LogP contribution in [-0.2, 0) is 32.8 Å². The van der Waals surface area contributed by atoms with E-state index in [0.717, 1.165) is 24.0 Å². The first-order valence-electron chi connectivity index (χ1n) is 13.4. The van der Waals surface area contributed by atoms with E-state index in [2.05, 4.69) is 48.2 Å². The summed E-state index contributed by atoms with van der Waals surface area (Å²) >= 11 is 3.22. The van der Waals surface area contributed by atoms with Crippen LogP contribution in [0.15, 0.2) is 69.0 Å². The van der Waals surface area contributed by atoms with E-state index in [1.165, 1.54) is 31.2 Å². The lowest BCUT2D eigenvalue weighted by atomic mass is 10.0. The van der Waals surface area contributed by atoms with Crippen LogP contribution in [0.2, 0.25) is 0 Å². The molecule has 0 unspecified atom stereocenters. The predicted octanol–water partition coefficient (Wildman–Crippen LogP) is 8.03. The number of hydrogen-bond acceptors (Lipinski definition) is 7. The van der Waals surface area contributed by atoms with Gasteiger partial charge in [-0.15, -0.1) is 39.2 Å². The average Bonchev–Trinajstić information content (AvgIpc) is 3.87. The van der Waals surface area contributed by atoms with Crippen molar-refractivity contribution in [2.75, 3.05) is 13.1 Å². The first kappa shape index (κ1) is 37.3. The van der Waals surface area contributed by atoms with Gasteiger partial charge < -0.3 is 4.79 Å². The lowest BCUT2D eigenvalue weighted by Crippen LogP contribution is -2.30. The third kappa shape index (κ3) is 10.6. The van der Waals surface area contributed by atoms with E-state index in [-0.39, 0.29) is 29.2 Å². The van der Waals surface area contributed by atoms with E-state index < -0.39 is 23.7 Å². The topological polar surface area (TPSA) is 86.8 Å². The molecule has 0 fully saturated rings. The maximum absolute atomic E-state index is 12.9. The van der Waals surface area contributed by atoms with Crippen molar-refractivity contribution < 1.29 is 35.9 Å². The second-order valence-corrected chi connectivity index (χ2v) is 10.6. The van der Waals surface area contributed by atoms with Crippen molar-refractivity contribution in [1.29, 1.82) is 0 Å². The maximum atomic E-state index is 12.9. The number of unbranched alkanes of at least 4 members (excludes halogenated alkanes) is 1. The highest BCUT2D eigenvalue weighted by atomic mass is 79.9. The molecule has 0 amide bonds. The van der Waals surface area contributed by atoms with Crippen LogP contribution in [0.1, 0.15) is 55.4 Å².